The van der Waals surface area contributed by atoms with E-state index in [-0.39, 0.29) is 12.2 Å². The normalized spacial score (nSPS) is 11.6. The van der Waals surface area contributed by atoms with Crippen molar-refractivity contribution in [2.24, 2.45) is 0 Å². The van der Waals surface area contributed by atoms with Gasteiger partial charge in [0.05, 0.1) is 11.4 Å². The Morgan fingerprint density at radius 3 is 2.78 bits per heavy atom. The van der Waals surface area contributed by atoms with E-state index in [4.69, 9.17) is 14.3 Å². The molecule has 0 amide bonds. The van der Waals surface area contributed by atoms with Gasteiger partial charge in [-0.1, -0.05) is 36.4 Å². The van der Waals surface area contributed by atoms with Gasteiger partial charge in [0, 0.05) is 40.9 Å². The Hall–Kier alpha value is -4.76. The molecule has 36 heavy (non-hydrogen) atoms. The van der Waals surface area contributed by atoms with Crippen LogP contribution >= 0.6 is 11.3 Å². The molecule has 0 spiro atoms. The third-order valence-electron chi connectivity index (χ3n) is 5.54. The van der Waals surface area contributed by atoms with Crippen molar-refractivity contribution >= 4 is 39.3 Å². The van der Waals surface area contributed by atoms with Gasteiger partial charge in [-0.25, -0.2) is 14.5 Å². The molecule has 0 saturated heterocycles. The summed E-state index contributed by atoms with van der Waals surface area (Å²) in [6.45, 7) is -0.105. The highest BCUT2D eigenvalue weighted by Gasteiger charge is 2.15. The molecule has 0 unspecified atom stereocenters. The van der Waals surface area contributed by atoms with Crippen LogP contribution in [0.15, 0.2) is 99.8 Å². The van der Waals surface area contributed by atoms with Crippen molar-refractivity contribution in [1.29, 1.82) is 0 Å². The van der Waals surface area contributed by atoms with Crippen LogP contribution in [0.5, 0.6) is 0 Å². The van der Waals surface area contributed by atoms with Crippen molar-refractivity contribution in [2.75, 3.05) is 0 Å². The van der Waals surface area contributed by atoms with Crippen molar-refractivity contribution in [2.45, 2.75) is 6.61 Å². The topological polar surface area (TPSA) is 91.6 Å². The SMILES string of the molecule is O=C(C=Cc1cn(-c2ccccc2)nc1-c1cc2ccccc2o1)OCc1cc(=O)n2ccsc2n1. The summed E-state index contributed by atoms with van der Waals surface area (Å²) in [4.78, 5) is 29.5. The number of aromatic nitrogens is 4. The maximum Gasteiger partial charge on any atom is 0.331 e. The molecule has 0 N–H and O–H groups in total. The molecule has 0 aliphatic rings. The number of nitrogens with zero attached hydrogens (tertiary/aromatic N) is 4. The molecule has 2 aromatic carbocycles. The highest BCUT2D eigenvalue weighted by atomic mass is 32.1. The number of esters is 1. The Kier molecular flexibility index (Phi) is 5.51. The van der Waals surface area contributed by atoms with Crippen LogP contribution in [0, 0.1) is 0 Å². The Morgan fingerprint density at radius 1 is 1.08 bits per heavy atom. The molecule has 0 radical (unpaired) electrons. The van der Waals surface area contributed by atoms with Crippen LogP contribution in [0.3, 0.4) is 0 Å². The van der Waals surface area contributed by atoms with Gasteiger partial charge in [-0.15, -0.1) is 11.3 Å². The third-order valence-corrected chi connectivity index (χ3v) is 6.30. The van der Waals surface area contributed by atoms with Crippen molar-refractivity contribution in [1.82, 2.24) is 19.2 Å². The molecular weight excluding hydrogens is 476 g/mol. The summed E-state index contributed by atoms with van der Waals surface area (Å²) in [5.74, 6) is 0.0269. The number of ether oxygens (including phenoxy) is 1. The van der Waals surface area contributed by atoms with Crippen molar-refractivity contribution in [3.8, 4) is 17.1 Å². The van der Waals surface area contributed by atoms with Crippen molar-refractivity contribution in [3.63, 3.8) is 0 Å². The van der Waals surface area contributed by atoms with Gasteiger partial charge in [0.2, 0.25) is 0 Å². The lowest BCUT2D eigenvalue weighted by Gasteiger charge is -2.01. The fraction of sp³-hybridized carbons (Fsp3) is 0.0370. The number of thiazole rings is 1. The molecular formula is C27H18N4O4S. The Bertz CT molecular complexity index is 1760. The van der Waals surface area contributed by atoms with Crippen molar-refractivity contribution in [3.05, 3.63) is 112 Å². The van der Waals surface area contributed by atoms with E-state index in [0.717, 1.165) is 16.7 Å². The lowest BCUT2D eigenvalue weighted by molar-refractivity contribution is -0.139. The first-order valence-corrected chi connectivity index (χ1v) is 12.0. The van der Waals surface area contributed by atoms with Crippen LogP contribution in [-0.4, -0.2) is 25.1 Å². The van der Waals surface area contributed by atoms with Crippen LogP contribution in [-0.2, 0) is 16.1 Å². The van der Waals surface area contributed by atoms with Crippen LogP contribution in [0.2, 0.25) is 0 Å². The first-order valence-electron chi connectivity index (χ1n) is 11.1. The van der Waals surface area contributed by atoms with E-state index < -0.39 is 5.97 Å². The Labute approximate surface area is 208 Å². The molecule has 176 valence electrons. The van der Waals surface area contributed by atoms with E-state index in [9.17, 15) is 9.59 Å². The molecule has 6 aromatic rings. The summed E-state index contributed by atoms with van der Waals surface area (Å²) in [5.41, 5.74) is 3.08. The predicted molar refractivity (Wildman–Crippen MR) is 137 cm³/mol. The molecule has 6 rings (SSSR count). The predicted octanol–water partition coefficient (Wildman–Crippen LogP) is 5.11. The number of hydrogen-bond acceptors (Lipinski definition) is 7. The Morgan fingerprint density at radius 2 is 1.92 bits per heavy atom. The number of carbonyl (C=O) groups is 1. The molecule has 4 heterocycles. The van der Waals surface area contributed by atoms with Gasteiger partial charge < -0.3 is 9.15 Å². The minimum atomic E-state index is -0.564. The monoisotopic (exact) mass is 494 g/mol. The second kappa shape index (κ2) is 9.12. The molecule has 8 nitrogen and oxygen atoms in total. The summed E-state index contributed by atoms with van der Waals surface area (Å²) in [6, 6.07) is 20.7. The van der Waals surface area contributed by atoms with Crippen LogP contribution in [0.25, 0.3) is 39.1 Å². The van der Waals surface area contributed by atoms with E-state index in [1.165, 1.54) is 27.9 Å². The zero-order chi connectivity index (χ0) is 24.5. The molecule has 0 bridgehead atoms. The average molecular weight is 495 g/mol. The van der Waals surface area contributed by atoms with Gasteiger partial charge in [0.1, 0.15) is 17.9 Å². The van der Waals surface area contributed by atoms with Gasteiger partial charge in [0.15, 0.2) is 10.7 Å². The van der Waals surface area contributed by atoms with Gasteiger partial charge in [-0.2, -0.15) is 5.10 Å². The van der Waals surface area contributed by atoms with Gasteiger partial charge in [-0.3, -0.25) is 9.20 Å². The zero-order valence-electron chi connectivity index (χ0n) is 18.8. The number of fused-ring (bicyclic) bond motifs is 2. The summed E-state index contributed by atoms with van der Waals surface area (Å²) >= 11 is 1.34. The largest absolute Gasteiger partial charge is 0.456 e. The van der Waals surface area contributed by atoms with Crippen LogP contribution in [0.1, 0.15) is 11.3 Å². The average Bonchev–Trinajstić information content (AvgIpc) is 3.64. The molecule has 0 fully saturated rings. The maximum atomic E-state index is 12.5. The number of benzene rings is 2. The van der Waals surface area contributed by atoms with Crippen LogP contribution in [0.4, 0.5) is 0 Å². The number of hydrogen-bond donors (Lipinski definition) is 0. The van der Waals surface area contributed by atoms with E-state index in [1.807, 2.05) is 66.9 Å². The van der Waals surface area contributed by atoms with Gasteiger partial charge in [-0.05, 0) is 30.3 Å². The molecule has 0 aliphatic heterocycles. The summed E-state index contributed by atoms with van der Waals surface area (Å²) < 4.78 is 14.5. The second-order valence-corrected chi connectivity index (χ2v) is 8.82. The summed E-state index contributed by atoms with van der Waals surface area (Å²) in [5, 5.41) is 7.46. The molecule has 0 saturated carbocycles. The summed E-state index contributed by atoms with van der Waals surface area (Å²) in [6.07, 6.45) is 6.45. The summed E-state index contributed by atoms with van der Waals surface area (Å²) in [7, 11) is 0. The quantitative estimate of drug-likeness (QED) is 0.236. The van der Waals surface area contributed by atoms with E-state index >= 15 is 0 Å². The lowest BCUT2D eigenvalue weighted by Crippen LogP contribution is -2.14. The zero-order valence-corrected chi connectivity index (χ0v) is 19.6. The molecule has 0 aliphatic carbocycles. The van der Waals surface area contributed by atoms with E-state index in [1.54, 1.807) is 22.3 Å². The maximum absolute atomic E-state index is 12.5. The second-order valence-electron chi connectivity index (χ2n) is 7.94. The first-order chi connectivity index (χ1) is 17.6. The standard InChI is InChI=1S/C27H18N4O4S/c32-24-15-20(28-27-30(24)12-13-36-27)17-34-25(33)11-10-19-16-31(21-7-2-1-3-8-21)29-26(19)23-14-18-6-4-5-9-22(18)35-23/h1-16H,17H2. The molecule has 0 atom stereocenters. The first kappa shape index (κ1) is 21.8. The Balaban J connectivity index is 1.27. The highest BCUT2D eigenvalue weighted by molar-refractivity contribution is 7.15. The molecule has 9 heteroatoms. The van der Waals surface area contributed by atoms with E-state index in [0.29, 0.717) is 27.7 Å². The van der Waals surface area contributed by atoms with E-state index in [2.05, 4.69) is 4.98 Å². The fourth-order valence-corrected chi connectivity index (χ4v) is 4.56. The number of para-hydroxylation sites is 2. The lowest BCUT2D eigenvalue weighted by atomic mass is 10.2. The highest BCUT2D eigenvalue weighted by Crippen LogP contribution is 2.30. The third kappa shape index (κ3) is 4.23. The minimum absolute atomic E-state index is 0.105. The van der Waals surface area contributed by atoms with Gasteiger partial charge in [0.25, 0.3) is 5.56 Å². The number of rotatable bonds is 6. The number of carbonyl (C=O) groups excluding carboxylic acids is 1. The fourth-order valence-electron chi connectivity index (χ4n) is 3.83. The minimum Gasteiger partial charge on any atom is -0.456 e. The van der Waals surface area contributed by atoms with Crippen molar-refractivity contribution < 1.29 is 13.9 Å². The van der Waals surface area contributed by atoms with Gasteiger partial charge >= 0.3 is 5.97 Å². The van der Waals surface area contributed by atoms with Crippen LogP contribution < -0.4 is 5.56 Å². The number of furan rings is 1. The smallest absolute Gasteiger partial charge is 0.331 e. The molecule has 4 aromatic heterocycles.